The van der Waals surface area contributed by atoms with Crippen molar-refractivity contribution in [3.05, 3.63) is 82.5 Å². The summed E-state index contributed by atoms with van der Waals surface area (Å²) in [5.74, 6) is -0.128. The highest BCUT2D eigenvalue weighted by Crippen LogP contribution is 2.47. The highest BCUT2D eigenvalue weighted by Gasteiger charge is 2.33. The summed E-state index contributed by atoms with van der Waals surface area (Å²) in [5, 5.41) is 10.4. The maximum atomic E-state index is 13.3. The average Bonchev–Trinajstić information content (AvgIpc) is 3.42. The molecule has 1 amide bonds. The summed E-state index contributed by atoms with van der Waals surface area (Å²) < 4.78 is 0. The zero-order valence-electron chi connectivity index (χ0n) is 18.5. The molecule has 1 aliphatic rings. The van der Waals surface area contributed by atoms with E-state index in [4.69, 9.17) is 10.2 Å². The van der Waals surface area contributed by atoms with E-state index >= 15 is 0 Å². The van der Waals surface area contributed by atoms with Crippen LogP contribution in [0.3, 0.4) is 0 Å². The van der Waals surface area contributed by atoms with E-state index in [1.54, 1.807) is 40.3 Å². The first-order valence-electron chi connectivity index (χ1n) is 11.1. The first-order chi connectivity index (χ1) is 16.5. The summed E-state index contributed by atoms with van der Waals surface area (Å²) in [6, 6.07) is 17.1. The fourth-order valence-electron chi connectivity index (χ4n) is 3.87. The van der Waals surface area contributed by atoms with Gasteiger partial charge in [-0.05, 0) is 47.9 Å². The Hall–Kier alpha value is -3.20. The molecular weight excluding hydrogens is 466 g/mol. The maximum absolute atomic E-state index is 13.3. The number of nitrogens with zero attached hydrogens (tertiary/aromatic N) is 2. The number of carbonyl (C=O) groups is 2. The van der Waals surface area contributed by atoms with Gasteiger partial charge in [0.05, 0.1) is 4.88 Å². The van der Waals surface area contributed by atoms with Crippen molar-refractivity contribution in [2.45, 2.75) is 38.0 Å². The Bertz CT molecular complexity index is 1330. The minimum absolute atomic E-state index is 0.0273. The third kappa shape index (κ3) is 4.70. The molecule has 0 radical (unpaired) electrons. The number of nitrogens with one attached hydrogen (secondary N) is 1. The largest absolute Gasteiger partial charge is 0.292 e. The zero-order chi connectivity index (χ0) is 23.7. The minimum Gasteiger partial charge on any atom is -0.292 e. The average molecular weight is 490 g/mol. The molecule has 2 heterocycles. The Labute approximate surface area is 205 Å². The molecule has 1 fully saturated rings. The molecule has 34 heavy (non-hydrogen) atoms. The van der Waals surface area contributed by atoms with Crippen LogP contribution in [0.25, 0.3) is 20.5 Å². The Kier molecular flexibility index (Phi) is 6.36. The van der Waals surface area contributed by atoms with Crippen LogP contribution in [0.4, 0.5) is 0 Å². The number of Topliss-reactive ketones (excluding diaryl/α,β-unsaturated/α-hetero) is 1. The van der Waals surface area contributed by atoms with Crippen molar-refractivity contribution < 1.29 is 14.8 Å². The molecule has 6 nitrogen and oxygen atoms in total. The summed E-state index contributed by atoms with van der Waals surface area (Å²) in [6.45, 7) is 2.00. The summed E-state index contributed by atoms with van der Waals surface area (Å²) in [5.41, 5.74) is 4.66. The van der Waals surface area contributed by atoms with Gasteiger partial charge in [0.2, 0.25) is 0 Å². The fraction of sp³-hybridized carbons (Fsp3) is 0.231. The summed E-state index contributed by atoms with van der Waals surface area (Å²) in [6.07, 6.45) is 4.40. The number of hydrogen-bond donors (Lipinski definition) is 2. The molecular formula is C26H23N3O3S2. The van der Waals surface area contributed by atoms with Crippen molar-refractivity contribution in [1.29, 1.82) is 0 Å². The Balaban J connectivity index is 1.36. The van der Waals surface area contributed by atoms with Gasteiger partial charge < -0.3 is 0 Å². The van der Waals surface area contributed by atoms with Gasteiger partial charge in [-0.2, -0.15) is 0 Å². The normalized spacial score (nSPS) is 14.1. The maximum Gasteiger partial charge on any atom is 0.274 e. The lowest BCUT2D eigenvalue weighted by Crippen LogP contribution is -2.18. The number of ketones is 1. The number of aromatic nitrogens is 2. The molecule has 4 aromatic rings. The van der Waals surface area contributed by atoms with E-state index in [9.17, 15) is 9.59 Å². The van der Waals surface area contributed by atoms with Crippen molar-refractivity contribution in [2.24, 2.45) is 0 Å². The third-order valence-electron chi connectivity index (χ3n) is 5.95. The second-order valence-electron chi connectivity index (χ2n) is 8.49. The fourth-order valence-corrected chi connectivity index (χ4v) is 6.07. The topological polar surface area (TPSA) is 92.2 Å². The van der Waals surface area contributed by atoms with Gasteiger partial charge in [-0.25, -0.2) is 15.4 Å². The smallest absolute Gasteiger partial charge is 0.274 e. The van der Waals surface area contributed by atoms with Crippen LogP contribution in [0.15, 0.2) is 60.8 Å². The lowest BCUT2D eigenvalue weighted by atomic mass is 9.93. The molecule has 1 atom stereocenters. The van der Waals surface area contributed by atoms with Crippen LogP contribution in [0, 0.1) is 0 Å². The first kappa shape index (κ1) is 22.6. The van der Waals surface area contributed by atoms with Crippen LogP contribution in [-0.4, -0.2) is 26.9 Å². The Morgan fingerprint density at radius 2 is 1.79 bits per heavy atom. The van der Waals surface area contributed by atoms with Crippen LogP contribution in [0.5, 0.6) is 0 Å². The molecule has 172 valence electrons. The molecule has 1 aliphatic carbocycles. The second-order valence-corrected chi connectivity index (χ2v) is 10.6. The van der Waals surface area contributed by atoms with Crippen LogP contribution in [0.2, 0.25) is 0 Å². The first-order valence-corrected chi connectivity index (χ1v) is 12.8. The van der Waals surface area contributed by atoms with Crippen LogP contribution in [-0.2, 0) is 0 Å². The van der Waals surface area contributed by atoms with E-state index < -0.39 is 5.91 Å². The Morgan fingerprint density at radius 1 is 1.06 bits per heavy atom. The van der Waals surface area contributed by atoms with Crippen LogP contribution in [0.1, 0.15) is 69.3 Å². The van der Waals surface area contributed by atoms with E-state index in [2.05, 4.69) is 17.1 Å². The lowest BCUT2D eigenvalue weighted by molar-refractivity contribution is 0.0706. The van der Waals surface area contributed by atoms with Crippen molar-refractivity contribution >= 4 is 34.4 Å². The third-order valence-corrected chi connectivity index (χ3v) is 8.35. The number of rotatable bonds is 8. The number of hydroxylamine groups is 1. The SMILES string of the molecule is C[C@H](CC(=O)c1nc(-c2ncc(-c3ccccc3)s2)sc1C1CC1)c1ccc(C(=O)NO)cc1. The standard InChI is InChI=1S/C26H23N3O3S2/c1-15(16-7-11-19(12-8-16)24(31)29-32)13-20(30)22-23(18-9-10-18)34-26(28-22)25-27-14-21(33-25)17-5-3-2-4-6-17/h2-8,11-12,14-15,18,32H,9-10,13H2,1H3,(H,29,31)/t15-/m1/s1. The van der Waals surface area contributed by atoms with Gasteiger partial charge >= 0.3 is 0 Å². The quantitative estimate of drug-likeness (QED) is 0.172. The molecule has 0 spiro atoms. The minimum atomic E-state index is -0.558. The van der Waals surface area contributed by atoms with Gasteiger partial charge in [0.1, 0.15) is 5.69 Å². The van der Waals surface area contributed by atoms with Crippen LogP contribution < -0.4 is 5.48 Å². The van der Waals surface area contributed by atoms with Gasteiger partial charge in [-0.3, -0.25) is 14.8 Å². The summed E-state index contributed by atoms with van der Waals surface area (Å²) in [7, 11) is 0. The predicted molar refractivity (Wildman–Crippen MR) is 134 cm³/mol. The summed E-state index contributed by atoms with van der Waals surface area (Å²) >= 11 is 3.19. The van der Waals surface area contributed by atoms with Gasteiger partial charge in [0, 0.05) is 23.1 Å². The predicted octanol–water partition coefficient (Wildman–Crippen LogP) is 6.31. The molecule has 2 aromatic heterocycles. The van der Waals surface area contributed by atoms with Crippen LogP contribution >= 0.6 is 22.7 Å². The molecule has 8 heteroatoms. The van der Waals surface area contributed by atoms with Gasteiger partial charge in [0.15, 0.2) is 15.8 Å². The van der Waals surface area contributed by atoms with E-state index in [1.165, 1.54) is 0 Å². The molecule has 2 N–H and O–H groups in total. The van der Waals surface area contributed by atoms with Crippen molar-refractivity contribution in [3.63, 3.8) is 0 Å². The van der Waals surface area contributed by atoms with Crippen molar-refractivity contribution in [2.75, 3.05) is 0 Å². The second kappa shape index (κ2) is 9.58. The van der Waals surface area contributed by atoms with Gasteiger partial charge in [-0.1, -0.05) is 49.4 Å². The summed E-state index contributed by atoms with van der Waals surface area (Å²) in [4.78, 5) is 36.4. The lowest BCUT2D eigenvalue weighted by Gasteiger charge is -2.11. The van der Waals surface area contributed by atoms with Crippen molar-refractivity contribution in [1.82, 2.24) is 15.4 Å². The van der Waals surface area contributed by atoms with E-state index in [0.29, 0.717) is 23.6 Å². The molecule has 0 aliphatic heterocycles. The highest BCUT2D eigenvalue weighted by atomic mass is 32.1. The number of benzene rings is 2. The molecule has 1 saturated carbocycles. The van der Waals surface area contributed by atoms with Crippen molar-refractivity contribution in [3.8, 4) is 20.5 Å². The van der Waals surface area contributed by atoms with E-state index in [0.717, 1.165) is 43.7 Å². The molecule has 0 saturated heterocycles. The van der Waals surface area contributed by atoms with Gasteiger partial charge in [0.25, 0.3) is 5.91 Å². The molecule has 5 rings (SSSR count). The number of amides is 1. The molecule has 2 aromatic carbocycles. The monoisotopic (exact) mass is 489 g/mol. The number of carbonyl (C=O) groups excluding carboxylic acids is 2. The Morgan fingerprint density at radius 3 is 2.47 bits per heavy atom. The molecule has 0 bridgehead atoms. The number of hydrogen-bond acceptors (Lipinski definition) is 7. The van der Waals surface area contributed by atoms with E-state index in [-0.39, 0.29) is 11.7 Å². The zero-order valence-corrected chi connectivity index (χ0v) is 20.2. The molecule has 0 unspecified atom stereocenters. The van der Waals surface area contributed by atoms with Gasteiger partial charge in [-0.15, -0.1) is 22.7 Å². The van der Waals surface area contributed by atoms with E-state index in [1.807, 2.05) is 43.5 Å². The number of thiazole rings is 2. The highest BCUT2D eigenvalue weighted by molar-refractivity contribution is 7.23.